The van der Waals surface area contributed by atoms with E-state index in [-0.39, 0.29) is 0 Å². The Balaban J connectivity index is 2.51. The zero-order valence-corrected chi connectivity index (χ0v) is 7.62. The van der Waals surface area contributed by atoms with Crippen molar-refractivity contribution in [3.63, 3.8) is 0 Å². The van der Waals surface area contributed by atoms with Gasteiger partial charge in [0.05, 0.1) is 18.2 Å². The number of rotatable bonds is 2. The molecule has 1 N–H and O–H groups in total. The first-order valence-corrected chi connectivity index (χ1v) is 4.48. The lowest BCUT2D eigenvalue weighted by Crippen LogP contribution is -1.86. The topological polar surface area (TPSA) is 28.7 Å². The highest BCUT2D eigenvalue weighted by molar-refractivity contribution is 5.62. The lowest BCUT2D eigenvalue weighted by molar-refractivity contribution is 1.14. The summed E-state index contributed by atoms with van der Waals surface area (Å²) in [6, 6.07) is 8.39. The second kappa shape index (κ2) is 3.44. The van der Waals surface area contributed by atoms with Crippen LogP contribution in [0.3, 0.4) is 0 Å². The second-order valence-corrected chi connectivity index (χ2v) is 2.98. The molecule has 0 unspecified atom stereocenters. The molecule has 0 aliphatic rings. The van der Waals surface area contributed by atoms with Crippen LogP contribution in [0.15, 0.2) is 36.8 Å². The lowest BCUT2D eigenvalue weighted by Gasteiger charge is -2.03. The zero-order valence-electron chi connectivity index (χ0n) is 7.62. The minimum atomic E-state index is 1.05. The highest BCUT2D eigenvalue weighted by Crippen LogP contribution is 2.20. The predicted molar refractivity (Wildman–Crippen MR) is 53.4 cm³/mol. The van der Waals surface area contributed by atoms with E-state index in [1.807, 2.05) is 6.20 Å². The lowest BCUT2D eigenvalue weighted by atomic mass is 10.0. The highest BCUT2D eigenvalue weighted by atomic mass is 14.9. The molecule has 2 rings (SSSR count). The van der Waals surface area contributed by atoms with E-state index in [1.165, 1.54) is 11.1 Å². The van der Waals surface area contributed by atoms with Crippen molar-refractivity contribution < 1.29 is 0 Å². The molecular formula is C11H12N2. The van der Waals surface area contributed by atoms with E-state index in [4.69, 9.17) is 0 Å². The Bertz CT molecular complexity index is 377. The molecule has 0 saturated carbocycles. The van der Waals surface area contributed by atoms with Crippen molar-refractivity contribution >= 4 is 0 Å². The summed E-state index contributed by atoms with van der Waals surface area (Å²) in [5.41, 5.74) is 3.70. The number of nitrogens with one attached hydrogen (secondary N) is 1. The third-order valence-corrected chi connectivity index (χ3v) is 2.19. The molecule has 13 heavy (non-hydrogen) atoms. The van der Waals surface area contributed by atoms with Gasteiger partial charge in [0.25, 0.3) is 0 Å². The number of nitrogens with zero attached hydrogens (tertiary/aromatic N) is 1. The van der Waals surface area contributed by atoms with Crippen LogP contribution < -0.4 is 0 Å². The Morgan fingerprint density at radius 2 is 2.15 bits per heavy atom. The second-order valence-electron chi connectivity index (χ2n) is 2.98. The van der Waals surface area contributed by atoms with Gasteiger partial charge in [-0.15, -0.1) is 0 Å². The fourth-order valence-corrected chi connectivity index (χ4v) is 1.49. The van der Waals surface area contributed by atoms with E-state index in [1.54, 1.807) is 6.33 Å². The van der Waals surface area contributed by atoms with Gasteiger partial charge in [0.1, 0.15) is 0 Å². The average molecular weight is 172 g/mol. The van der Waals surface area contributed by atoms with Crippen molar-refractivity contribution in [3.8, 4) is 11.3 Å². The molecule has 1 heterocycles. The number of aromatic nitrogens is 2. The number of H-pyrrole nitrogens is 1. The summed E-state index contributed by atoms with van der Waals surface area (Å²) in [4.78, 5) is 7.14. The molecule has 0 amide bonds. The third kappa shape index (κ3) is 1.47. The maximum Gasteiger partial charge on any atom is 0.0924 e. The maximum absolute atomic E-state index is 4.02. The van der Waals surface area contributed by atoms with Gasteiger partial charge in [-0.1, -0.05) is 31.2 Å². The first kappa shape index (κ1) is 8.05. The first-order chi connectivity index (χ1) is 6.42. The summed E-state index contributed by atoms with van der Waals surface area (Å²) >= 11 is 0. The van der Waals surface area contributed by atoms with Crippen molar-refractivity contribution in [1.82, 2.24) is 9.97 Å². The normalized spacial score (nSPS) is 10.2. The minimum absolute atomic E-state index is 1.05. The molecule has 2 heteroatoms. The summed E-state index contributed by atoms with van der Waals surface area (Å²) < 4.78 is 0. The quantitative estimate of drug-likeness (QED) is 0.741. The predicted octanol–water partition coefficient (Wildman–Crippen LogP) is 2.64. The van der Waals surface area contributed by atoms with Crippen LogP contribution in [0.4, 0.5) is 0 Å². The van der Waals surface area contributed by atoms with Gasteiger partial charge in [-0.25, -0.2) is 4.98 Å². The molecule has 0 saturated heterocycles. The molecule has 0 bridgehead atoms. The van der Waals surface area contributed by atoms with Gasteiger partial charge in [-0.2, -0.15) is 0 Å². The highest BCUT2D eigenvalue weighted by Gasteiger charge is 2.02. The largest absolute Gasteiger partial charge is 0.345 e. The van der Waals surface area contributed by atoms with Crippen LogP contribution in [-0.2, 0) is 6.42 Å². The molecule has 1 aromatic heterocycles. The van der Waals surface area contributed by atoms with E-state index in [0.717, 1.165) is 12.1 Å². The number of aromatic amines is 1. The zero-order chi connectivity index (χ0) is 9.10. The SMILES string of the molecule is CCc1ccccc1-c1cnc[nH]1. The van der Waals surface area contributed by atoms with Crippen molar-refractivity contribution in [3.05, 3.63) is 42.4 Å². The summed E-state index contributed by atoms with van der Waals surface area (Å²) in [7, 11) is 0. The number of aryl methyl sites for hydroxylation is 1. The molecular weight excluding hydrogens is 160 g/mol. The summed E-state index contributed by atoms with van der Waals surface area (Å²) in [6.45, 7) is 2.16. The molecule has 2 nitrogen and oxygen atoms in total. The molecule has 0 aliphatic carbocycles. The first-order valence-electron chi connectivity index (χ1n) is 4.48. The van der Waals surface area contributed by atoms with Crippen molar-refractivity contribution in [2.24, 2.45) is 0 Å². The smallest absolute Gasteiger partial charge is 0.0924 e. The third-order valence-electron chi connectivity index (χ3n) is 2.19. The molecule has 0 fully saturated rings. The van der Waals surface area contributed by atoms with E-state index in [0.29, 0.717) is 0 Å². The fraction of sp³-hybridized carbons (Fsp3) is 0.182. The van der Waals surface area contributed by atoms with Crippen LogP contribution in [0, 0.1) is 0 Å². The molecule has 2 aromatic rings. The molecule has 0 spiro atoms. The van der Waals surface area contributed by atoms with Crippen LogP contribution in [0.25, 0.3) is 11.3 Å². The Morgan fingerprint density at radius 3 is 2.85 bits per heavy atom. The summed E-state index contributed by atoms with van der Waals surface area (Å²) in [6.07, 6.45) is 4.62. The van der Waals surface area contributed by atoms with E-state index in [9.17, 15) is 0 Å². The van der Waals surface area contributed by atoms with Crippen LogP contribution in [0.5, 0.6) is 0 Å². The van der Waals surface area contributed by atoms with Gasteiger partial charge in [-0.05, 0) is 12.0 Å². The summed E-state index contributed by atoms with van der Waals surface area (Å²) in [5.74, 6) is 0. The maximum atomic E-state index is 4.02. The number of hydrogen-bond donors (Lipinski definition) is 1. The molecule has 66 valence electrons. The Morgan fingerprint density at radius 1 is 1.31 bits per heavy atom. The van der Waals surface area contributed by atoms with E-state index < -0.39 is 0 Å². The minimum Gasteiger partial charge on any atom is -0.345 e. The average Bonchev–Trinajstić information content (AvgIpc) is 2.70. The number of hydrogen-bond acceptors (Lipinski definition) is 1. The Hall–Kier alpha value is -1.57. The fourth-order valence-electron chi connectivity index (χ4n) is 1.49. The van der Waals surface area contributed by atoms with Gasteiger partial charge < -0.3 is 4.98 Å². The van der Waals surface area contributed by atoms with Crippen molar-refractivity contribution in [2.45, 2.75) is 13.3 Å². The van der Waals surface area contributed by atoms with Gasteiger partial charge in [-0.3, -0.25) is 0 Å². The van der Waals surface area contributed by atoms with Gasteiger partial charge in [0.15, 0.2) is 0 Å². The van der Waals surface area contributed by atoms with E-state index in [2.05, 4.69) is 41.2 Å². The Kier molecular flexibility index (Phi) is 2.13. The Labute approximate surface area is 77.6 Å². The van der Waals surface area contributed by atoms with Gasteiger partial charge in [0, 0.05) is 5.56 Å². The molecule has 1 aromatic carbocycles. The van der Waals surface area contributed by atoms with Crippen LogP contribution in [0.2, 0.25) is 0 Å². The van der Waals surface area contributed by atoms with Crippen LogP contribution in [-0.4, -0.2) is 9.97 Å². The van der Waals surface area contributed by atoms with Gasteiger partial charge in [0.2, 0.25) is 0 Å². The molecule has 0 radical (unpaired) electrons. The number of imidazole rings is 1. The number of benzene rings is 1. The van der Waals surface area contributed by atoms with Crippen molar-refractivity contribution in [1.29, 1.82) is 0 Å². The van der Waals surface area contributed by atoms with Crippen LogP contribution in [0.1, 0.15) is 12.5 Å². The molecule has 0 atom stereocenters. The standard InChI is InChI=1S/C11H12N2/c1-2-9-5-3-4-6-10(9)11-7-12-8-13-11/h3-8H,2H2,1H3,(H,12,13). The van der Waals surface area contributed by atoms with Gasteiger partial charge >= 0.3 is 0 Å². The van der Waals surface area contributed by atoms with Crippen molar-refractivity contribution in [2.75, 3.05) is 0 Å². The van der Waals surface area contributed by atoms with Crippen LogP contribution >= 0.6 is 0 Å². The molecule has 0 aliphatic heterocycles. The van der Waals surface area contributed by atoms with E-state index >= 15 is 0 Å². The summed E-state index contributed by atoms with van der Waals surface area (Å²) in [5, 5.41) is 0. The monoisotopic (exact) mass is 172 g/mol.